The summed E-state index contributed by atoms with van der Waals surface area (Å²) in [5.74, 6) is 1.28. The van der Waals surface area contributed by atoms with Crippen molar-refractivity contribution >= 4 is 0 Å². The summed E-state index contributed by atoms with van der Waals surface area (Å²) < 4.78 is 0. The van der Waals surface area contributed by atoms with E-state index in [4.69, 9.17) is 9.78 Å². The first-order valence-corrected chi connectivity index (χ1v) is 6.40. The van der Waals surface area contributed by atoms with Crippen LogP contribution >= 0.6 is 0 Å². The van der Waals surface area contributed by atoms with Gasteiger partial charge in [-0.25, -0.2) is 0 Å². The Hall–Kier alpha value is -1.02. The molecule has 1 aromatic rings. The van der Waals surface area contributed by atoms with Crippen LogP contribution in [0, 0.1) is 0 Å². The Morgan fingerprint density at radius 1 is 1.24 bits per heavy atom. The van der Waals surface area contributed by atoms with Gasteiger partial charge < -0.3 is 4.89 Å². The molecule has 1 aromatic carbocycles. The van der Waals surface area contributed by atoms with Crippen molar-refractivity contribution in [1.29, 1.82) is 0 Å². The molecule has 0 aromatic heterocycles. The van der Waals surface area contributed by atoms with E-state index in [9.17, 15) is 0 Å². The standard InChI is InChI=1S/C15H24O2/c1-6-10-15(4,5)17-16-14-9-7-8-13(11-14)12(2)3/h7-9,11-12H,6,10H2,1-5H3. The van der Waals surface area contributed by atoms with E-state index in [1.807, 2.05) is 32.0 Å². The van der Waals surface area contributed by atoms with Crippen LogP contribution in [0.25, 0.3) is 0 Å². The molecule has 0 saturated heterocycles. The zero-order valence-corrected chi connectivity index (χ0v) is 11.6. The molecule has 2 nitrogen and oxygen atoms in total. The number of hydrogen-bond acceptors (Lipinski definition) is 2. The van der Waals surface area contributed by atoms with Gasteiger partial charge >= 0.3 is 0 Å². The molecule has 0 unspecified atom stereocenters. The summed E-state index contributed by atoms with van der Waals surface area (Å²) in [5, 5.41) is 0. The molecule has 17 heavy (non-hydrogen) atoms. The van der Waals surface area contributed by atoms with Gasteiger partial charge in [0.1, 0.15) is 5.60 Å². The second-order valence-corrected chi connectivity index (χ2v) is 5.40. The largest absolute Gasteiger partial charge is 0.337 e. The van der Waals surface area contributed by atoms with Gasteiger partial charge in [0.2, 0.25) is 0 Å². The SMILES string of the molecule is CCCC(C)(C)OOc1cccc(C(C)C)c1. The van der Waals surface area contributed by atoms with Gasteiger partial charge in [-0.2, -0.15) is 4.89 Å². The highest BCUT2D eigenvalue weighted by Crippen LogP contribution is 2.23. The van der Waals surface area contributed by atoms with Crippen molar-refractivity contribution in [3.8, 4) is 5.75 Å². The Balaban J connectivity index is 2.60. The second kappa shape index (κ2) is 6.06. The van der Waals surface area contributed by atoms with Crippen LogP contribution in [0.2, 0.25) is 0 Å². The third kappa shape index (κ3) is 4.78. The second-order valence-electron chi connectivity index (χ2n) is 5.40. The maximum atomic E-state index is 5.49. The highest BCUT2D eigenvalue weighted by atomic mass is 17.2. The van der Waals surface area contributed by atoms with E-state index in [0.717, 1.165) is 18.6 Å². The predicted molar refractivity (Wildman–Crippen MR) is 71.2 cm³/mol. The summed E-state index contributed by atoms with van der Waals surface area (Å²) in [4.78, 5) is 10.9. The first-order valence-electron chi connectivity index (χ1n) is 6.40. The smallest absolute Gasteiger partial charge is 0.165 e. The Morgan fingerprint density at radius 3 is 2.53 bits per heavy atom. The molecule has 2 heteroatoms. The highest BCUT2D eigenvalue weighted by molar-refractivity contribution is 5.29. The summed E-state index contributed by atoms with van der Waals surface area (Å²) in [6.45, 7) is 10.6. The molecule has 0 amide bonds. The third-order valence-corrected chi connectivity index (χ3v) is 2.74. The lowest BCUT2D eigenvalue weighted by Crippen LogP contribution is -2.25. The number of benzene rings is 1. The van der Waals surface area contributed by atoms with Crippen LogP contribution in [0.15, 0.2) is 24.3 Å². The van der Waals surface area contributed by atoms with Gasteiger partial charge in [-0.1, -0.05) is 39.3 Å². The fourth-order valence-corrected chi connectivity index (χ4v) is 1.73. The van der Waals surface area contributed by atoms with Gasteiger partial charge in [0.25, 0.3) is 0 Å². The predicted octanol–water partition coefficient (Wildman–Crippen LogP) is 4.70. The Labute approximate surface area is 105 Å². The molecule has 0 aliphatic carbocycles. The molecule has 0 bridgehead atoms. The van der Waals surface area contributed by atoms with Crippen molar-refractivity contribution in [2.24, 2.45) is 0 Å². The fraction of sp³-hybridized carbons (Fsp3) is 0.600. The van der Waals surface area contributed by atoms with Crippen molar-refractivity contribution < 1.29 is 9.78 Å². The first-order chi connectivity index (χ1) is 7.94. The molecule has 0 atom stereocenters. The molecule has 0 heterocycles. The van der Waals surface area contributed by atoms with E-state index in [-0.39, 0.29) is 5.60 Å². The monoisotopic (exact) mass is 236 g/mol. The zero-order chi connectivity index (χ0) is 12.9. The topological polar surface area (TPSA) is 18.5 Å². The lowest BCUT2D eigenvalue weighted by molar-refractivity contribution is -0.282. The zero-order valence-electron chi connectivity index (χ0n) is 11.6. The summed E-state index contributed by atoms with van der Waals surface area (Å²) in [7, 11) is 0. The molecule has 0 aliphatic rings. The molecular weight excluding hydrogens is 212 g/mol. The average Bonchev–Trinajstić information content (AvgIpc) is 2.27. The summed E-state index contributed by atoms with van der Waals surface area (Å²) in [6.07, 6.45) is 2.07. The van der Waals surface area contributed by atoms with Crippen LogP contribution in [0.1, 0.15) is 58.9 Å². The quantitative estimate of drug-likeness (QED) is 0.526. The van der Waals surface area contributed by atoms with Crippen LogP contribution < -0.4 is 4.89 Å². The van der Waals surface area contributed by atoms with Crippen molar-refractivity contribution in [1.82, 2.24) is 0 Å². The van der Waals surface area contributed by atoms with Gasteiger partial charge in [-0.3, -0.25) is 0 Å². The molecule has 0 aliphatic heterocycles. The van der Waals surface area contributed by atoms with Crippen molar-refractivity contribution in [3.05, 3.63) is 29.8 Å². The van der Waals surface area contributed by atoms with Crippen LogP contribution in [0.4, 0.5) is 0 Å². The Kier molecular flexibility index (Phi) is 5.01. The van der Waals surface area contributed by atoms with E-state index in [0.29, 0.717) is 5.92 Å². The van der Waals surface area contributed by atoms with Gasteiger partial charge in [-0.05, 0) is 43.9 Å². The fourth-order valence-electron chi connectivity index (χ4n) is 1.73. The van der Waals surface area contributed by atoms with E-state index in [2.05, 4.69) is 26.8 Å². The number of hydrogen-bond donors (Lipinski definition) is 0. The van der Waals surface area contributed by atoms with E-state index in [1.54, 1.807) is 0 Å². The van der Waals surface area contributed by atoms with Crippen LogP contribution in [-0.4, -0.2) is 5.60 Å². The maximum Gasteiger partial charge on any atom is 0.165 e. The Bertz CT molecular complexity index is 343. The van der Waals surface area contributed by atoms with Crippen molar-refractivity contribution in [2.75, 3.05) is 0 Å². The summed E-state index contributed by atoms with van der Waals surface area (Å²) in [5.41, 5.74) is 1.03. The van der Waals surface area contributed by atoms with Gasteiger partial charge in [0.05, 0.1) is 0 Å². The molecular formula is C15H24O2. The van der Waals surface area contributed by atoms with Crippen molar-refractivity contribution in [3.63, 3.8) is 0 Å². The van der Waals surface area contributed by atoms with Crippen LogP contribution in [0.5, 0.6) is 5.75 Å². The van der Waals surface area contributed by atoms with E-state index in [1.165, 1.54) is 5.56 Å². The third-order valence-electron chi connectivity index (χ3n) is 2.74. The van der Waals surface area contributed by atoms with Crippen LogP contribution in [-0.2, 0) is 4.89 Å². The van der Waals surface area contributed by atoms with E-state index < -0.39 is 0 Å². The minimum Gasteiger partial charge on any atom is -0.337 e. The summed E-state index contributed by atoms with van der Waals surface area (Å²) in [6, 6.07) is 8.07. The lowest BCUT2D eigenvalue weighted by atomic mass is 10.0. The Morgan fingerprint density at radius 2 is 1.94 bits per heavy atom. The van der Waals surface area contributed by atoms with Gasteiger partial charge in [-0.15, -0.1) is 0 Å². The number of rotatable bonds is 6. The molecule has 1 rings (SSSR count). The lowest BCUT2D eigenvalue weighted by Gasteiger charge is -2.22. The maximum absolute atomic E-state index is 5.49. The highest BCUT2D eigenvalue weighted by Gasteiger charge is 2.19. The molecule has 96 valence electrons. The molecule has 0 fully saturated rings. The van der Waals surface area contributed by atoms with E-state index >= 15 is 0 Å². The minimum absolute atomic E-state index is 0.234. The molecule has 0 saturated carbocycles. The van der Waals surface area contributed by atoms with Gasteiger partial charge in [0, 0.05) is 0 Å². The molecule has 0 spiro atoms. The average molecular weight is 236 g/mol. The first kappa shape index (κ1) is 14.0. The van der Waals surface area contributed by atoms with Crippen molar-refractivity contribution in [2.45, 2.75) is 59.0 Å². The minimum atomic E-state index is -0.234. The van der Waals surface area contributed by atoms with Crippen LogP contribution in [0.3, 0.4) is 0 Å². The molecule has 0 radical (unpaired) electrons. The summed E-state index contributed by atoms with van der Waals surface area (Å²) >= 11 is 0. The van der Waals surface area contributed by atoms with Gasteiger partial charge in [0.15, 0.2) is 5.75 Å². The molecule has 0 N–H and O–H groups in total. The normalized spacial score (nSPS) is 11.9.